The molecule has 2 heteroatoms. The molecule has 2 rings (SSSR count). The smallest absolute Gasteiger partial charge is 0.0643 e. The molecule has 1 saturated carbocycles. The second-order valence-electron chi connectivity index (χ2n) is 5.24. The fraction of sp³-hybridized carbons (Fsp3) is 1.00. The molecule has 2 aliphatic rings. The van der Waals surface area contributed by atoms with Gasteiger partial charge in [0, 0.05) is 18.4 Å². The van der Waals surface area contributed by atoms with E-state index in [2.05, 4.69) is 6.92 Å². The van der Waals surface area contributed by atoms with Gasteiger partial charge in [0.25, 0.3) is 0 Å². The number of rotatable bonds is 3. The monoisotopic (exact) mass is 230 g/mol. The summed E-state index contributed by atoms with van der Waals surface area (Å²) >= 11 is 6.01. The molecule has 0 aromatic carbocycles. The van der Waals surface area contributed by atoms with Gasteiger partial charge in [0.05, 0.1) is 6.10 Å². The number of hydrogen-bond acceptors (Lipinski definition) is 1. The molecule has 1 heterocycles. The Morgan fingerprint density at radius 1 is 1.27 bits per heavy atom. The average molecular weight is 231 g/mol. The first kappa shape index (κ1) is 11.7. The number of alkyl halides is 1. The molecular weight excluding hydrogens is 208 g/mol. The predicted octanol–water partition coefficient (Wildman–Crippen LogP) is 3.85. The lowest BCUT2D eigenvalue weighted by atomic mass is 9.75. The highest BCUT2D eigenvalue weighted by Crippen LogP contribution is 2.39. The van der Waals surface area contributed by atoms with Gasteiger partial charge < -0.3 is 4.74 Å². The average Bonchev–Trinajstić information content (AvgIpc) is 2.77. The summed E-state index contributed by atoms with van der Waals surface area (Å²) in [6, 6.07) is 0. The topological polar surface area (TPSA) is 9.23 Å². The molecule has 4 atom stereocenters. The standard InChI is InChI=1S/C13H23ClO/c1-2-10-4-3-5-11(8-10)13-12(9-14)6-7-15-13/h10-13H,2-9H2,1H3. The lowest BCUT2D eigenvalue weighted by Gasteiger charge is -2.34. The number of hydrogen-bond donors (Lipinski definition) is 0. The van der Waals surface area contributed by atoms with Gasteiger partial charge in [0.2, 0.25) is 0 Å². The Bertz CT molecular complexity index is 195. The third-order valence-corrected chi connectivity index (χ3v) is 4.72. The summed E-state index contributed by atoms with van der Waals surface area (Å²) in [4.78, 5) is 0. The molecular formula is C13H23ClO. The maximum Gasteiger partial charge on any atom is 0.0643 e. The van der Waals surface area contributed by atoms with Crippen LogP contribution in [0.25, 0.3) is 0 Å². The third-order valence-electron chi connectivity index (χ3n) is 4.33. The summed E-state index contributed by atoms with van der Waals surface area (Å²) in [5, 5.41) is 0. The van der Waals surface area contributed by atoms with Crippen LogP contribution in [0.4, 0.5) is 0 Å². The highest BCUT2D eigenvalue weighted by Gasteiger charge is 2.36. The molecule has 88 valence electrons. The van der Waals surface area contributed by atoms with E-state index >= 15 is 0 Å². The van der Waals surface area contributed by atoms with Crippen molar-refractivity contribution >= 4 is 11.6 Å². The van der Waals surface area contributed by atoms with Crippen LogP contribution in [0.2, 0.25) is 0 Å². The van der Waals surface area contributed by atoms with Crippen LogP contribution in [0, 0.1) is 17.8 Å². The third kappa shape index (κ3) is 2.68. The van der Waals surface area contributed by atoms with E-state index in [1.807, 2.05) is 0 Å². The summed E-state index contributed by atoms with van der Waals surface area (Å²) in [5.41, 5.74) is 0. The van der Waals surface area contributed by atoms with Crippen LogP contribution in [0.1, 0.15) is 45.4 Å². The Morgan fingerprint density at radius 2 is 2.13 bits per heavy atom. The van der Waals surface area contributed by atoms with Crippen molar-refractivity contribution in [3.8, 4) is 0 Å². The van der Waals surface area contributed by atoms with Gasteiger partial charge in [-0.15, -0.1) is 11.6 Å². The van der Waals surface area contributed by atoms with Crippen molar-refractivity contribution in [2.45, 2.75) is 51.6 Å². The van der Waals surface area contributed by atoms with E-state index in [0.717, 1.165) is 24.3 Å². The molecule has 1 nitrogen and oxygen atoms in total. The Hall–Kier alpha value is 0.250. The van der Waals surface area contributed by atoms with Gasteiger partial charge in [0.15, 0.2) is 0 Å². The first-order valence-electron chi connectivity index (χ1n) is 6.52. The summed E-state index contributed by atoms with van der Waals surface area (Å²) in [6.45, 7) is 3.26. The summed E-state index contributed by atoms with van der Waals surface area (Å²) in [6.07, 6.45) is 8.60. The van der Waals surface area contributed by atoms with Crippen LogP contribution >= 0.6 is 11.6 Å². The van der Waals surface area contributed by atoms with Crippen LogP contribution in [0.15, 0.2) is 0 Å². The van der Waals surface area contributed by atoms with E-state index in [-0.39, 0.29) is 0 Å². The second-order valence-corrected chi connectivity index (χ2v) is 5.55. The highest BCUT2D eigenvalue weighted by atomic mass is 35.5. The molecule has 0 radical (unpaired) electrons. The summed E-state index contributed by atoms with van der Waals surface area (Å²) in [5.74, 6) is 3.17. The van der Waals surface area contributed by atoms with Crippen LogP contribution in [0.3, 0.4) is 0 Å². The summed E-state index contributed by atoms with van der Waals surface area (Å²) < 4.78 is 5.90. The zero-order chi connectivity index (χ0) is 10.7. The Morgan fingerprint density at radius 3 is 2.87 bits per heavy atom. The molecule has 15 heavy (non-hydrogen) atoms. The molecule has 4 unspecified atom stereocenters. The van der Waals surface area contributed by atoms with Gasteiger partial charge in [-0.3, -0.25) is 0 Å². The van der Waals surface area contributed by atoms with E-state index in [1.165, 1.54) is 38.5 Å². The Balaban J connectivity index is 1.91. The van der Waals surface area contributed by atoms with Gasteiger partial charge in [0.1, 0.15) is 0 Å². The molecule has 0 amide bonds. The molecule has 0 aromatic heterocycles. The van der Waals surface area contributed by atoms with Crippen LogP contribution in [0.5, 0.6) is 0 Å². The molecule has 0 N–H and O–H groups in total. The number of halogens is 1. The molecule has 0 spiro atoms. The van der Waals surface area contributed by atoms with Gasteiger partial charge in [-0.1, -0.05) is 26.2 Å². The quantitative estimate of drug-likeness (QED) is 0.670. The van der Waals surface area contributed by atoms with Crippen LogP contribution < -0.4 is 0 Å². The van der Waals surface area contributed by atoms with E-state index in [9.17, 15) is 0 Å². The van der Waals surface area contributed by atoms with Crippen LogP contribution in [-0.4, -0.2) is 18.6 Å². The van der Waals surface area contributed by atoms with Crippen LogP contribution in [-0.2, 0) is 4.74 Å². The highest BCUT2D eigenvalue weighted by molar-refractivity contribution is 6.18. The molecule has 0 bridgehead atoms. The molecule has 0 aromatic rings. The van der Waals surface area contributed by atoms with Crippen molar-refractivity contribution in [2.24, 2.45) is 17.8 Å². The Labute approximate surface area is 98.5 Å². The number of ether oxygens (including phenoxy) is 1. The minimum Gasteiger partial charge on any atom is -0.378 e. The van der Waals surface area contributed by atoms with Crippen molar-refractivity contribution in [3.63, 3.8) is 0 Å². The van der Waals surface area contributed by atoms with Crippen molar-refractivity contribution in [2.75, 3.05) is 12.5 Å². The minimum atomic E-state index is 0.483. The normalized spacial score (nSPS) is 42.0. The van der Waals surface area contributed by atoms with E-state index in [0.29, 0.717) is 12.0 Å². The molecule has 1 saturated heterocycles. The zero-order valence-electron chi connectivity index (χ0n) is 9.75. The second kappa shape index (κ2) is 5.54. The van der Waals surface area contributed by atoms with E-state index in [1.54, 1.807) is 0 Å². The lowest BCUT2D eigenvalue weighted by molar-refractivity contribution is 0.0205. The maximum absolute atomic E-state index is 6.01. The fourth-order valence-electron chi connectivity index (χ4n) is 3.34. The van der Waals surface area contributed by atoms with Gasteiger partial charge in [-0.25, -0.2) is 0 Å². The van der Waals surface area contributed by atoms with Crippen molar-refractivity contribution in [1.82, 2.24) is 0 Å². The van der Waals surface area contributed by atoms with Crippen molar-refractivity contribution in [1.29, 1.82) is 0 Å². The molecule has 1 aliphatic carbocycles. The van der Waals surface area contributed by atoms with E-state index < -0.39 is 0 Å². The van der Waals surface area contributed by atoms with Crippen molar-refractivity contribution < 1.29 is 4.74 Å². The predicted molar refractivity (Wildman–Crippen MR) is 64.3 cm³/mol. The van der Waals surface area contributed by atoms with Crippen molar-refractivity contribution in [3.05, 3.63) is 0 Å². The molecule has 1 aliphatic heterocycles. The zero-order valence-corrected chi connectivity index (χ0v) is 10.5. The molecule has 2 fully saturated rings. The van der Waals surface area contributed by atoms with Gasteiger partial charge in [-0.05, 0) is 31.1 Å². The maximum atomic E-state index is 6.01. The Kier molecular flexibility index (Phi) is 4.33. The van der Waals surface area contributed by atoms with Gasteiger partial charge in [-0.2, -0.15) is 0 Å². The van der Waals surface area contributed by atoms with Gasteiger partial charge >= 0.3 is 0 Å². The SMILES string of the molecule is CCC1CCCC(C2OCCC2CCl)C1. The van der Waals surface area contributed by atoms with E-state index in [4.69, 9.17) is 16.3 Å². The summed E-state index contributed by atoms with van der Waals surface area (Å²) in [7, 11) is 0. The fourth-order valence-corrected chi connectivity index (χ4v) is 3.67. The lowest BCUT2D eigenvalue weighted by Crippen LogP contribution is -2.31. The first-order valence-corrected chi connectivity index (χ1v) is 7.06. The largest absolute Gasteiger partial charge is 0.378 e. The minimum absolute atomic E-state index is 0.483. The first-order chi connectivity index (χ1) is 7.35.